The Bertz CT molecular complexity index is 777. The predicted molar refractivity (Wildman–Crippen MR) is 92.6 cm³/mol. The van der Waals surface area contributed by atoms with Gasteiger partial charge in [0.2, 0.25) is 0 Å². The largest absolute Gasteiger partial charge is 0.377 e. The quantitative estimate of drug-likeness (QED) is 0.814. The summed E-state index contributed by atoms with van der Waals surface area (Å²) in [6, 6.07) is 3.99. The molecule has 0 aliphatic carbocycles. The van der Waals surface area contributed by atoms with Crippen LogP contribution in [0.5, 0.6) is 0 Å². The Labute approximate surface area is 146 Å². The summed E-state index contributed by atoms with van der Waals surface area (Å²) in [4.78, 5) is 18.7. The summed E-state index contributed by atoms with van der Waals surface area (Å²) in [7, 11) is 1.59. The van der Waals surface area contributed by atoms with Crippen molar-refractivity contribution in [3.05, 3.63) is 34.0 Å². The van der Waals surface area contributed by atoms with E-state index in [-0.39, 0.29) is 17.0 Å². The van der Waals surface area contributed by atoms with E-state index in [1.807, 2.05) is 0 Å². The number of ether oxygens (including phenoxy) is 1. The number of hydrogen-bond donors (Lipinski definition) is 0. The van der Waals surface area contributed by atoms with E-state index >= 15 is 0 Å². The van der Waals surface area contributed by atoms with Crippen LogP contribution in [0.4, 0.5) is 6.01 Å². The van der Waals surface area contributed by atoms with Crippen LogP contribution in [0.3, 0.4) is 0 Å². The zero-order chi connectivity index (χ0) is 18.0. The van der Waals surface area contributed by atoms with Gasteiger partial charge in [-0.2, -0.15) is 10.1 Å². The van der Waals surface area contributed by atoms with Crippen molar-refractivity contribution in [2.75, 3.05) is 18.6 Å². The molecule has 1 saturated heterocycles. The summed E-state index contributed by atoms with van der Waals surface area (Å²) < 4.78 is 11.9. The van der Waals surface area contributed by atoms with Crippen LogP contribution in [-0.2, 0) is 23.3 Å². The highest BCUT2D eigenvalue weighted by Crippen LogP contribution is 2.25. The minimum absolute atomic E-state index is 0.0922. The lowest BCUT2D eigenvalue weighted by atomic mass is 9.92. The SMILES string of the molecule is COCc1noc(N2CCCC2Cn2nc(C(C)(C)C)ccc2=O)n1. The smallest absolute Gasteiger partial charge is 0.324 e. The molecule has 2 aromatic rings. The maximum absolute atomic E-state index is 12.2. The molecule has 25 heavy (non-hydrogen) atoms. The van der Waals surface area contributed by atoms with Gasteiger partial charge in [-0.05, 0) is 18.9 Å². The van der Waals surface area contributed by atoms with Gasteiger partial charge in [-0.3, -0.25) is 4.79 Å². The highest BCUT2D eigenvalue weighted by molar-refractivity contribution is 5.29. The first-order chi connectivity index (χ1) is 11.9. The molecule has 3 heterocycles. The average Bonchev–Trinajstić information content (AvgIpc) is 3.17. The van der Waals surface area contributed by atoms with Crippen LogP contribution >= 0.6 is 0 Å². The van der Waals surface area contributed by atoms with Gasteiger partial charge in [0.1, 0.15) is 6.61 Å². The topological polar surface area (TPSA) is 86.3 Å². The van der Waals surface area contributed by atoms with E-state index in [0.717, 1.165) is 25.1 Å². The van der Waals surface area contributed by atoms with Crippen molar-refractivity contribution in [1.82, 2.24) is 19.9 Å². The number of methoxy groups -OCH3 is 1. The van der Waals surface area contributed by atoms with E-state index in [1.54, 1.807) is 23.9 Å². The molecule has 0 spiro atoms. The third-order valence-electron chi connectivity index (χ3n) is 4.37. The Balaban J connectivity index is 1.80. The number of anilines is 1. The lowest BCUT2D eigenvalue weighted by molar-refractivity contribution is 0.174. The van der Waals surface area contributed by atoms with Crippen molar-refractivity contribution in [3.63, 3.8) is 0 Å². The fourth-order valence-electron chi connectivity index (χ4n) is 3.01. The molecular formula is C17H25N5O3. The Morgan fingerprint density at radius 3 is 2.88 bits per heavy atom. The molecule has 1 aliphatic rings. The molecule has 1 atom stereocenters. The van der Waals surface area contributed by atoms with Crippen molar-refractivity contribution >= 4 is 6.01 Å². The molecule has 2 aromatic heterocycles. The number of aromatic nitrogens is 4. The van der Waals surface area contributed by atoms with Crippen molar-refractivity contribution in [1.29, 1.82) is 0 Å². The van der Waals surface area contributed by atoms with Crippen LogP contribution in [0.25, 0.3) is 0 Å². The molecule has 136 valence electrons. The van der Waals surface area contributed by atoms with Gasteiger partial charge in [-0.15, -0.1) is 0 Å². The Morgan fingerprint density at radius 1 is 1.36 bits per heavy atom. The van der Waals surface area contributed by atoms with Crippen molar-refractivity contribution in [2.45, 2.75) is 58.2 Å². The molecule has 0 radical (unpaired) electrons. The molecule has 1 fully saturated rings. The molecule has 0 amide bonds. The fraction of sp³-hybridized carbons (Fsp3) is 0.647. The third-order valence-corrected chi connectivity index (χ3v) is 4.37. The molecule has 1 unspecified atom stereocenters. The number of nitrogens with zero attached hydrogens (tertiary/aromatic N) is 5. The van der Waals surface area contributed by atoms with Crippen LogP contribution in [-0.4, -0.2) is 39.6 Å². The second-order valence-corrected chi connectivity index (χ2v) is 7.40. The summed E-state index contributed by atoms with van der Waals surface area (Å²) in [6.07, 6.45) is 1.97. The van der Waals surface area contributed by atoms with E-state index < -0.39 is 0 Å². The molecular weight excluding hydrogens is 322 g/mol. The summed E-state index contributed by atoms with van der Waals surface area (Å²) in [6.45, 7) is 7.90. The number of hydrogen-bond acceptors (Lipinski definition) is 7. The molecule has 0 N–H and O–H groups in total. The molecule has 8 heteroatoms. The van der Waals surface area contributed by atoms with Gasteiger partial charge < -0.3 is 14.2 Å². The van der Waals surface area contributed by atoms with E-state index in [9.17, 15) is 4.79 Å². The molecule has 8 nitrogen and oxygen atoms in total. The molecule has 0 aromatic carbocycles. The minimum atomic E-state index is -0.105. The van der Waals surface area contributed by atoms with Crippen LogP contribution in [0.15, 0.2) is 21.5 Å². The standard InChI is InChI=1S/C17H25N5O3/c1-17(2,3)13-7-8-15(23)22(19-13)10-12-6-5-9-21(12)16-18-14(11-24-4)20-25-16/h7-8,12H,5-6,9-11H2,1-4H3. The molecule has 0 bridgehead atoms. The normalized spacial score (nSPS) is 18.1. The number of rotatable bonds is 5. The van der Waals surface area contributed by atoms with E-state index in [0.29, 0.717) is 25.0 Å². The second-order valence-electron chi connectivity index (χ2n) is 7.40. The van der Waals surface area contributed by atoms with Gasteiger partial charge in [0.25, 0.3) is 5.56 Å². The first-order valence-electron chi connectivity index (χ1n) is 8.55. The lowest BCUT2D eigenvalue weighted by Gasteiger charge is -2.24. The lowest BCUT2D eigenvalue weighted by Crippen LogP contribution is -2.38. The average molecular weight is 347 g/mol. The van der Waals surface area contributed by atoms with E-state index in [2.05, 4.69) is 40.9 Å². The second kappa shape index (κ2) is 6.95. The minimum Gasteiger partial charge on any atom is -0.377 e. The zero-order valence-electron chi connectivity index (χ0n) is 15.2. The Kier molecular flexibility index (Phi) is 4.89. The van der Waals surface area contributed by atoms with Crippen LogP contribution < -0.4 is 10.5 Å². The first kappa shape index (κ1) is 17.6. The third kappa shape index (κ3) is 3.89. The highest BCUT2D eigenvalue weighted by Gasteiger charge is 2.30. The van der Waals surface area contributed by atoms with Crippen molar-refractivity contribution in [2.24, 2.45) is 0 Å². The maximum Gasteiger partial charge on any atom is 0.324 e. The maximum atomic E-state index is 12.2. The summed E-state index contributed by atoms with van der Waals surface area (Å²) in [5.41, 5.74) is 0.703. The van der Waals surface area contributed by atoms with Crippen LogP contribution in [0.2, 0.25) is 0 Å². The van der Waals surface area contributed by atoms with Gasteiger partial charge in [-0.25, -0.2) is 4.68 Å². The van der Waals surface area contributed by atoms with E-state index in [1.165, 1.54) is 0 Å². The summed E-state index contributed by atoms with van der Waals surface area (Å²) in [5.74, 6) is 0.521. The van der Waals surface area contributed by atoms with Gasteiger partial charge >= 0.3 is 6.01 Å². The van der Waals surface area contributed by atoms with Gasteiger partial charge in [-0.1, -0.05) is 25.9 Å². The fourth-order valence-corrected chi connectivity index (χ4v) is 3.01. The highest BCUT2D eigenvalue weighted by atomic mass is 16.5. The van der Waals surface area contributed by atoms with Crippen LogP contribution in [0, 0.1) is 0 Å². The molecule has 0 saturated carbocycles. The zero-order valence-corrected chi connectivity index (χ0v) is 15.2. The summed E-state index contributed by atoms with van der Waals surface area (Å²) in [5, 5.41) is 8.48. The molecule has 1 aliphatic heterocycles. The van der Waals surface area contributed by atoms with Crippen molar-refractivity contribution in [3.8, 4) is 0 Å². The first-order valence-corrected chi connectivity index (χ1v) is 8.55. The van der Waals surface area contributed by atoms with Crippen LogP contribution in [0.1, 0.15) is 45.1 Å². The van der Waals surface area contributed by atoms with Gasteiger partial charge in [0, 0.05) is 25.1 Å². The van der Waals surface area contributed by atoms with Gasteiger partial charge in [0.05, 0.1) is 18.3 Å². The monoisotopic (exact) mass is 347 g/mol. The van der Waals surface area contributed by atoms with E-state index in [4.69, 9.17) is 9.26 Å². The van der Waals surface area contributed by atoms with Gasteiger partial charge in [0.15, 0.2) is 5.82 Å². The van der Waals surface area contributed by atoms with Crippen molar-refractivity contribution < 1.29 is 9.26 Å². The summed E-state index contributed by atoms with van der Waals surface area (Å²) >= 11 is 0. The predicted octanol–water partition coefficient (Wildman–Crippen LogP) is 1.74. The Hall–Kier alpha value is -2.22. The molecule has 3 rings (SSSR count). The Morgan fingerprint density at radius 2 is 2.16 bits per heavy atom.